The molecule has 0 heterocycles. The van der Waals surface area contributed by atoms with E-state index in [1.54, 1.807) is 14.2 Å². The second kappa shape index (κ2) is 23.0. The van der Waals surface area contributed by atoms with Crippen molar-refractivity contribution in [2.75, 3.05) is 27.0 Å². The van der Waals surface area contributed by atoms with Gasteiger partial charge >= 0.3 is 6.18 Å². The van der Waals surface area contributed by atoms with E-state index in [2.05, 4.69) is 34.7 Å². The molecule has 0 aromatic heterocycles. The number of anilines is 1. The summed E-state index contributed by atoms with van der Waals surface area (Å²) in [6, 6.07) is 14.2. The van der Waals surface area contributed by atoms with Crippen LogP contribution in [0.1, 0.15) is 37.5 Å². The molecule has 0 atom stereocenters. The third kappa shape index (κ3) is 17.7. The van der Waals surface area contributed by atoms with E-state index >= 15 is 0 Å². The van der Waals surface area contributed by atoms with E-state index in [0.717, 1.165) is 35.4 Å². The van der Waals surface area contributed by atoms with Crippen LogP contribution in [0.4, 0.5) is 18.9 Å². The third-order valence-corrected chi connectivity index (χ3v) is 3.78. The number of benzene rings is 2. The van der Waals surface area contributed by atoms with Gasteiger partial charge in [-0.2, -0.15) is 18.4 Å². The molecule has 0 saturated carbocycles. The van der Waals surface area contributed by atoms with E-state index in [-0.39, 0.29) is 5.69 Å². The quantitative estimate of drug-likeness (QED) is 0.131. The van der Waals surface area contributed by atoms with Gasteiger partial charge in [0.1, 0.15) is 0 Å². The first-order valence-corrected chi connectivity index (χ1v) is 11.0. The number of hydrogen-bond donors (Lipinski definition) is 4. The topological polar surface area (TPSA) is 109 Å². The highest BCUT2D eigenvalue weighted by atomic mass is 19.4. The van der Waals surface area contributed by atoms with Gasteiger partial charge < -0.3 is 21.2 Å². The van der Waals surface area contributed by atoms with Gasteiger partial charge in [0.2, 0.25) is 0 Å². The molecule has 36 heavy (non-hydrogen) atoms. The van der Waals surface area contributed by atoms with E-state index in [4.69, 9.17) is 16.8 Å². The van der Waals surface area contributed by atoms with Crippen LogP contribution >= 0.6 is 0 Å². The normalized spacial score (nSPS) is 10.2. The molecule has 9 heteroatoms. The highest BCUT2D eigenvalue weighted by Crippen LogP contribution is 2.29. The Morgan fingerprint density at radius 1 is 1.11 bits per heavy atom. The second-order valence-electron chi connectivity index (χ2n) is 6.42. The molecular formula is C27H40F3N5O. The van der Waals surface area contributed by atoms with Crippen LogP contribution in [0.2, 0.25) is 0 Å². The molecule has 0 aliphatic heterocycles. The number of hydrazine groups is 1. The maximum absolute atomic E-state index is 11.9. The lowest BCUT2D eigenvalue weighted by atomic mass is 10.1. The Morgan fingerprint density at radius 3 is 2.00 bits per heavy atom. The molecule has 0 radical (unpaired) electrons. The Morgan fingerprint density at radius 2 is 1.64 bits per heavy atom. The number of nitrogen functional groups attached to an aromatic ring is 1. The predicted octanol–water partition coefficient (Wildman–Crippen LogP) is 5.95. The van der Waals surface area contributed by atoms with Crippen molar-refractivity contribution < 1.29 is 17.9 Å². The van der Waals surface area contributed by atoms with Crippen LogP contribution in [0, 0.1) is 11.3 Å². The average Bonchev–Trinajstić information content (AvgIpc) is 2.88. The van der Waals surface area contributed by atoms with Gasteiger partial charge in [-0.25, -0.2) is 0 Å². The maximum atomic E-state index is 11.9. The van der Waals surface area contributed by atoms with Crippen LogP contribution in [0.3, 0.4) is 0 Å². The van der Waals surface area contributed by atoms with Crippen LogP contribution in [-0.2, 0) is 17.3 Å². The van der Waals surface area contributed by atoms with Crippen LogP contribution in [0.5, 0.6) is 0 Å². The van der Waals surface area contributed by atoms with E-state index in [9.17, 15) is 13.2 Å². The molecule has 6 N–H and O–H groups in total. The van der Waals surface area contributed by atoms with Crippen LogP contribution in [0.25, 0.3) is 0 Å². The Kier molecular flexibility index (Phi) is 23.5. The summed E-state index contributed by atoms with van der Waals surface area (Å²) in [5.41, 5.74) is 11.0. The number of methoxy groups -OCH3 is 1. The van der Waals surface area contributed by atoms with Crippen LogP contribution in [0.15, 0.2) is 85.2 Å². The van der Waals surface area contributed by atoms with E-state index in [0.29, 0.717) is 5.56 Å². The number of allylic oxidation sites excluding steroid dienone is 2. The Hall–Kier alpha value is -3.74. The van der Waals surface area contributed by atoms with Gasteiger partial charge in [0, 0.05) is 38.9 Å². The number of nitrogens with one attached hydrogen (secondary N) is 2. The zero-order chi connectivity index (χ0) is 28.6. The minimum absolute atomic E-state index is 0.125. The number of nitrogens with two attached hydrogens (primary N) is 2. The molecule has 2 aromatic rings. The molecule has 0 spiro atoms. The van der Waals surface area contributed by atoms with Crippen LogP contribution < -0.4 is 22.3 Å². The lowest BCUT2D eigenvalue weighted by molar-refractivity contribution is -0.137. The number of hydrogen-bond acceptors (Lipinski definition) is 6. The van der Waals surface area contributed by atoms with Crippen molar-refractivity contribution in [3.63, 3.8) is 0 Å². The van der Waals surface area contributed by atoms with Gasteiger partial charge in [-0.05, 0) is 54.8 Å². The first-order chi connectivity index (χ1) is 17.1. The first kappa shape index (κ1) is 36.8. The molecule has 6 nitrogen and oxygen atoms in total. The first-order valence-electron chi connectivity index (χ1n) is 11.0. The molecular weight excluding hydrogens is 467 g/mol. The lowest BCUT2D eigenvalue weighted by Crippen LogP contribution is -2.22. The Balaban J connectivity index is -0.000000515. The van der Waals surface area contributed by atoms with Gasteiger partial charge in [0.05, 0.1) is 17.2 Å². The summed E-state index contributed by atoms with van der Waals surface area (Å²) < 4.78 is 40.0. The number of halogens is 3. The van der Waals surface area contributed by atoms with Gasteiger partial charge in [0.15, 0.2) is 0 Å². The zero-order valence-electron chi connectivity index (χ0n) is 22.0. The van der Waals surface area contributed by atoms with E-state index < -0.39 is 11.7 Å². The third-order valence-electron chi connectivity index (χ3n) is 3.78. The van der Waals surface area contributed by atoms with Crippen molar-refractivity contribution in [1.29, 1.82) is 5.26 Å². The molecule has 200 valence electrons. The Bertz CT molecular complexity index is 918. The Labute approximate surface area is 214 Å². The predicted molar refractivity (Wildman–Crippen MR) is 144 cm³/mol. The fourth-order valence-electron chi connectivity index (χ4n) is 2.28. The van der Waals surface area contributed by atoms with Gasteiger partial charge in [0.25, 0.3) is 0 Å². The largest absolute Gasteiger partial charge is 0.416 e. The minimum atomic E-state index is -4.30. The number of ether oxygens (including phenoxy) is 1. The van der Waals surface area contributed by atoms with Crippen molar-refractivity contribution in [2.45, 2.75) is 33.4 Å². The summed E-state index contributed by atoms with van der Waals surface area (Å²) in [7, 11) is 5.10. The minimum Gasteiger partial charge on any atom is -0.399 e. The number of alkyl halides is 3. The highest BCUT2D eigenvalue weighted by Gasteiger charge is 2.30. The molecule has 2 aromatic carbocycles. The molecule has 0 unspecified atom stereocenters. The molecule has 0 aliphatic rings. The van der Waals surface area contributed by atoms with E-state index in [1.807, 2.05) is 64.4 Å². The van der Waals surface area contributed by atoms with Gasteiger partial charge in [-0.15, -0.1) is 13.2 Å². The summed E-state index contributed by atoms with van der Waals surface area (Å²) >= 11 is 0. The van der Waals surface area contributed by atoms with Gasteiger partial charge in [-0.3, -0.25) is 5.84 Å². The maximum Gasteiger partial charge on any atom is 0.416 e. The molecule has 0 saturated heterocycles. The van der Waals surface area contributed by atoms with Crippen molar-refractivity contribution in [1.82, 2.24) is 10.7 Å². The summed E-state index contributed by atoms with van der Waals surface area (Å²) in [5.74, 6) is 5.48. The van der Waals surface area contributed by atoms with Crippen molar-refractivity contribution in [3.05, 3.63) is 102 Å². The molecule has 0 amide bonds. The molecule has 0 fully saturated rings. The summed E-state index contributed by atoms with van der Waals surface area (Å²) in [5, 5.41) is 11.7. The standard InChI is InChI=1S/C14H18N4.C7H6F3N.C2H6O.C2H6.C2H4/c1-11(10-17-2)14(18-16)8-7-12-3-5-13(9-15)6-4-12;8-7(9,10)5-2-1-3-6(11)4-5;1-3-2;2*1-2/h3-6,8,10,17-18H,7,16H2,1-2H3;1-4H,11H2;1-2H3;1-2H3;1-2H2/b11-10+,14-8-;;;;. The number of rotatable bonds is 5. The summed E-state index contributed by atoms with van der Waals surface area (Å²) in [6.07, 6.45) is 0.366. The van der Waals surface area contributed by atoms with Crippen molar-refractivity contribution >= 4 is 5.69 Å². The van der Waals surface area contributed by atoms with Crippen molar-refractivity contribution in [2.24, 2.45) is 5.84 Å². The smallest absolute Gasteiger partial charge is 0.399 e. The fourth-order valence-corrected chi connectivity index (χ4v) is 2.28. The lowest BCUT2D eigenvalue weighted by Gasteiger charge is -2.07. The summed E-state index contributed by atoms with van der Waals surface area (Å²) in [4.78, 5) is 0. The second-order valence-corrected chi connectivity index (χ2v) is 6.42. The SMILES string of the molecule is C=C.CC.CN/C=C(C)/C(=C/Cc1ccc(C#N)cc1)NN.COC.Nc1cccc(C(F)(F)F)c1. The summed E-state index contributed by atoms with van der Waals surface area (Å²) in [6.45, 7) is 12.0. The van der Waals surface area contributed by atoms with Gasteiger partial charge in [-0.1, -0.05) is 38.1 Å². The number of nitrogens with zero attached hydrogens (tertiary/aromatic N) is 1. The molecule has 2 rings (SSSR count). The van der Waals surface area contributed by atoms with Crippen molar-refractivity contribution in [3.8, 4) is 6.07 Å². The van der Waals surface area contributed by atoms with Crippen LogP contribution in [-0.4, -0.2) is 21.3 Å². The fraction of sp³-hybridized carbons (Fsp3) is 0.296. The average molecular weight is 508 g/mol. The number of nitriles is 1. The van der Waals surface area contributed by atoms with E-state index in [1.165, 1.54) is 12.1 Å². The zero-order valence-corrected chi connectivity index (χ0v) is 22.0. The highest BCUT2D eigenvalue weighted by molar-refractivity contribution is 5.41. The molecule has 0 bridgehead atoms. The monoisotopic (exact) mass is 507 g/mol. The molecule has 0 aliphatic carbocycles.